The number of carbonyl (C=O) groups is 2. The second-order valence-electron chi connectivity index (χ2n) is 16.2. The van der Waals surface area contributed by atoms with Crippen LogP contribution < -0.4 is 0 Å². The van der Waals surface area contributed by atoms with Gasteiger partial charge in [0.2, 0.25) is 0 Å². The van der Waals surface area contributed by atoms with Crippen molar-refractivity contribution < 1.29 is 24.2 Å². The lowest BCUT2D eigenvalue weighted by atomic mass is 10.1. The first-order chi connectivity index (χ1) is 31.1. The SMILES string of the molecule is CC/C=C\C/C=C\C/C=C\C/C=C\C/C=C\C/C=C\C/C=C\C/C=C\C/C=C\CCCCCCCC(=O)OC(CO)COC(=O)CCCCCCC/C=C\C/C=C\CCCCCC. The molecule has 0 aromatic rings. The van der Waals surface area contributed by atoms with E-state index in [2.05, 4.69) is 148 Å². The Hall–Kier alpha value is -3.96. The van der Waals surface area contributed by atoms with Gasteiger partial charge in [0.05, 0.1) is 6.61 Å². The van der Waals surface area contributed by atoms with E-state index in [-0.39, 0.29) is 25.2 Å². The van der Waals surface area contributed by atoms with Crippen molar-refractivity contribution >= 4 is 11.9 Å². The summed E-state index contributed by atoms with van der Waals surface area (Å²) in [6.07, 6.45) is 78.2. The molecule has 354 valence electrons. The minimum absolute atomic E-state index is 0.0897. The average molecular weight is 869 g/mol. The number of esters is 2. The molecule has 0 spiro atoms. The van der Waals surface area contributed by atoms with Crippen LogP contribution in [-0.2, 0) is 19.1 Å². The number of allylic oxidation sites excluding steroid dienone is 22. The Kier molecular flexibility index (Phi) is 49.1. The fourth-order valence-electron chi connectivity index (χ4n) is 6.40. The molecule has 1 N–H and O–H groups in total. The Balaban J connectivity index is 3.67. The number of carbonyl (C=O) groups excluding carboxylic acids is 2. The molecule has 1 unspecified atom stereocenters. The van der Waals surface area contributed by atoms with Crippen LogP contribution in [0.1, 0.15) is 200 Å². The van der Waals surface area contributed by atoms with Gasteiger partial charge in [-0.3, -0.25) is 9.59 Å². The van der Waals surface area contributed by atoms with Crippen LogP contribution in [0.15, 0.2) is 134 Å². The van der Waals surface area contributed by atoms with Gasteiger partial charge in [-0.2, -0.15) is 0 Å². The van der Waals surface area contributed by atoms with E-state index in [0.29, 0.717) is 12.8 Å². The maximum Gasteiger partial charge on any atom is 0.306 e. The van der Waals surface area contributed by atoms with E-state index >= 15 is 0 Å². The number of hydrogen-bond acceptors (Lipinski definition) is 5. The fourth-order valence-corrected chi connectivity index (χ4v) is 6.40. The minimum Gasteiger partial charge on any atom is -0.462 e. The van der Waals surface area contributed by atoms with Crippen molar-refractivity contribution in [3.63, 3.8) is 0 Å². The van der Waals surface area contributed by atoms with Crippen molar-refractivity contribution in [2.24, 2.45) is 0 Å². The highest BCUT2D eigenvalue weighted by atomic mass is 16.6. The molecule has 0 fully saturated rings. The number of hydrogen-bond donors (Lipinski definition) is 1. The molecule has 0 aliphatic rings. The normalized spacial score (nSPS) is 13.4. The molecule has 0 radical (unpaired) electrons. The summed E-state index contributed by atoms with van der Waals surface area (Å²) in [5, 5.41) is 9.61. The summed E-state index contributed by atoms with van der Waals surface area (Å²) in [6.45, 7) is 3.96. The van der Waals surface area contributed by atoms with Gasteiger partial charge >= 0.3 is 11.9 Å². The Morgan fingerprint density at radius 1 is 0.381 bits per heavy atom. The van der Waals surface area contributed by atoms with Crippen LogP contribution in [0.2, 0.25) is 0 Å². The average Bonchev–Trinajstić information content (AvgIpc) is 3.29. The van der Waals surface area contributed by atoms with Crippen LogP contribution in [-0.4, -0.2) is 36.4 Å². The van der Waals surface area contributed by atoms with E-state index < -0.39 is 6.10 Å². The summed E-state index contributed by atoms with van der Waals surface area (Å²) < 4.78 is 10.6. The van der Waals surface area contributed by atoms with Crippen LogP contribution in [0, 0.1) is 0 Å². The van der Waals surface area contributed by atoms with Crippen molar-refractivity contribution in [1.29, 1.82) is 0 Å². The maximum atomic E-state index is 12.3. The summed E-state index contributed by atoms with van der Waals surface area (Å²) >= 11 is 0. The van der Waals surface area contributed by atoms with Crippen molar-refractivity contribution in [3.05, 3.63) is 134 Å². The topological polar surface area (TPSA) is 72.8 Å². The van der Waals surface area contributed by atoms with E-state index in [1.165, 1.54) is 38.5 Å². The van der Waals surface area contributed by atoms with Crippen LogP contribution >= 0.6 is 0 Å². The van der Waals surface area contributed by atoms with Crippen LogP contribution in [0.4, 0.5) is 0 Å². The third kappa shape index (κ3) is 50.6. The summed E-state index contributed by atoms with van der Waals surface area (Å²) in [7, 11) is 0. The highest BCUT2D eigenvalue weighted by molar-refractivity contribution is 5.70. The number of aliphatic hydroxyl groups is 1. The van der Waals surface area contributed by atoms with Gasteiger partial charge in [-0.15, -0.1) is 0 Å². The monoisotopic (exact) mass is 869 g/mol. The molecular formula is C58H92O5. The molecular weight excluding hydrogens is 777 g/mol. The van der Waals surface area contributed by atoms with E-state index in [9.17, 15) is 14.7 Å². The van der Waals surface area contributed by atoms with E-state index in [1.54, 1.807) is 0 Å². The lowest BCUT2D eigenvalue weighted by molar-refractivity contribution is -0.161. The molecule has 0 aromatic carbocycles. The maximum absolute atomic E-state index is 12.3. The molecule has 63 heavy (non-hydrogen) atoms. The zero-order valence-corrected chi connectivity index (χ0v) is 40.3. The first kappa shape index (κ1) is 59.0. The smallest absolute Gasteiger partial charge is 0.306 e. The van der Waals surface area contributed by atoms with Gasteiger partial charge in [-0.1, -0.05) is 205 Å². The zero-order chi connectivity index (χ0) is 45.6. The van der Waals surface area contributed by atoms with Gasteiger partial charge < -0.3 is 14.6 Å². The fraction of sp³-hybridized carbons (Fsp3) is 0.586. The predicted octanol–water partition coefficient (Wildman–Crippen LogP) is 16.9. The quantitative estimate of drug-likeness (QED) is 0.0375. The molecule has 5 heteroatoms. The van der Waals surface area contributed by atoms with Gasteiger partial charge in [-0.25, -0.2) is 0 Å². The highest BCUT2D eigenvalue weighted by Crippen LogP contribution is 2.12. The number of unbranched alkanes of at least 4 members (excludes halogenated alkanes) is 14. The van der Waals surface area contributed by atoms with Gasteiger partial charge in [0, 0.05) is 12.8 Å². The zero-order valence-electron chi connectivity index (χ0n) is 40.3. The lowest BCUT2D eigenvalue weighted by Gasteiger charge is -2.15. The third-order valence-corrected chi connectivity index (χ3v) is 10.2. The van der Waals surface area contributed by atoms with Gasteiger partial charge in [0.15, 0.2) is 6.10 Å². The standard InChI is InChI=1S/C58H92O5/c1-3-5-7-9-11-13-15-17-19-21-22-23-24-25-26-27-28-29-30-31-32-33-34-35-36-37-39-41-43-45-47-49-51-53-58(61)63-56(54-59)55-62-57(60)52-50-48-46-44-42-40-38-20-18-16-14-12-10-8-6-4-2/h5,7,11,13-14,16-17,19-20,22-23,25-26,28-29,31-32,34-35,37-39,56,59H,3-4,6,8-10,12,15,18,21,24,27,30,33,36,40-55H2,1-2H3/b7-5-,13-11-,16-14-,19-17-,23-22-,26-25-,29-28-,32-31-,35-34-,38-20-,39-37-. The van der Waals surface area contributed by atoms with Gasteiger partial charge in [-0.05, 0) is 116 Å². The van der Waals surface area contributed by atoms with Gasteiger partial charge in [0.25, 0.3) is 0 Å². The van der Waals surface area contributed by atoms with E-state index in [1.807, 2.05) is 0 Å². The summed E-state index contributed by atoms with van der Waals surface area (Å²) in [4.78, 5) is 24.4. The van der Waals surface area contributed by atoms with Crippen molar-refractivity contribution in [1.82, 2.24) is 0 Å². The molecule has 5 nitrogen and oxygen atoms in total. The van der Waals surface area contributed by atoms with Crippen LogP contribution in [0.25, 0.3) is 0 Å². The lowest BCUT2D eigenvalue weighted by Crippen LogP contribution is -2.28. The van der Waals surface area contributed by atoms with Crippen molar-refractivity contribution in [3.8, 4) is 0 Å². The number of rotatable bonds is 44. The molecule has 0 aromatic heterocycles. The second-order valence-corrected chi connectivity index (χ2v) is 16.2. The largest absolute Gasteiger partial charge is 0.462 e. The van der Waals surface area contributed by atoms with Crippen molar-refractivity contribution in [2.45, 2.75) is 206 Å². The number of ether oxygens (including phenoxy) is 2. The Bertz CT molecular complexity index is 1350. The molecule has 0 amide bonds. The highest BCUT2D eigenvalue weighted by Gasteiger charge is 2.16. The molecule has 0 heterocycles. The molecule has 0 saturated carbocycles. The Morgan fingerprint density at radius 3 is 1.03 bits per heavy atom. The van der Waals surface area contributed by atoms with Crippen molar-refractivity contribution in [2.75, 3.05) is 13.2 Å². The molecule has 0 aliphatic carbocycles. The van der Waals surface area contributed by atoms with Crippen LogP contribution in [0.5, 0.6) is 0 Å². The summed E-state index contributed by atoms with van der Waals surface area (Å²) in [6, 6.07) is 0. The molecule has 1 atom stereocenters. The first-order valence-electron chi connectivity index (χ1n) is 25.2. The molecule has 0 rings (SSSR count). The predicted molar refractivity (Wildman–Crippen MR) is 274 cm³/mol. The minimum atomic E-state index is -0.798. The van der Waals surface area contributed by atoms with E-state index in [0.717, 1.165) is 135 Å². The Labute approximate surface area is 387 Å². The van der Waals surface area contributed by atoms with Crippen LogP contribution in [0.3, 0.4) is 0 Å². The first-order valence-corrected chi connectivity index (χ1v) is 25.2. The van der Waals surface area contributed by atoms with Gasteiger partial charge in [0.1, 0.15) is 6.61 Å². The summed E-state index contributed by atoms with van der Waals surface area (Å²) in [5.41, 5.74) is 0. The van der Waals surface area contributed by atoms with E-state index in [4.69, 9.17) is 9.47 Å². The molecule has 0 aliphatic heterocycles. The second kappa shape index (κ2) is 52.4. The molecule has 0 saturated heterocycles. The summed E-state index contributed by atoms with van der Waals surface area (Å²) in [5.74, 6) is -0.640. The number of aliphatic hydroxyl groups excluding tert-OH is 1. The Morgan fingerprint density at radius 2 is 0.683 bits per heavy atom. The molecule has 0 bridgehead atoms. The third-order valence-electron chi connectivity index (χ3n) is 10.2.